The Morgan fingerprint density at radius 1 is 1.28 bits per heavy atom. The minimum atomic E-state index is -0.195. The summed E-state index contributed by atoms with van der Waals surface area (Å²) >= 11 is 0. The highest BCUT2D eigenvalue weighted by atomic mass is 16.7. The fourth-order valence-electron chi connectivity index (χ4n) is 1.70. The number of nitrogens with one attached hydrogen (secondary N) is 3. The highest BCUT2D eigenvalue weighted by Crippen LogP contribution is 2.16. The molecule has 0 aliphatic heterocycles. The van der Waals surface area contributed by atoms with Gasteiger partial charge in [-0.25, -0.2) is 4.79 Å². The molecule has 2 aromatic rings. The van der Waals surface area contributed by atoms with Crippen LogP contribution in [-0.2, 0) is 9.57 Å². The molecule has 1 aromatic heterocycles. The second-order valence-electron chi connectivity index (χ2n) is 4.06. The summed E-state index contributed by atoms with van der Waals surface area (Å²) in [5.41, 5.74) is 5.36. The number of benzene rings is 1. The molecule has 0 amide bonds. The summed E-state index contributed by atoms with van der Waals surface area (Å²) in [6.45, 7) is 3.02. The molecule has 98 valence electrons. The quantitative estimate of drug-likeness (QED) is 0.530. The summed E-state index contributed by atoms with van der Waals surface area (Å²) < 4.78 is 4.88. The minimum Gasteiger partial charge on any atom is -0.382 e. The maximum absolute atomic E-state index is 11.1. The lowest BCUT2D eigenvalue weighted by Crippen LogP contribution is -2.21. The summed E-state index contributed by atoms with van der Waals surface area (Å²) in [5.74, 6) is 0. The standard InChI is InChI=1S/C12H17N3O3/c1-8(15-18-6-5-17-2)9-3-4-10-11(7-9)14-12(16)13-10/h3-4,7-8,15H,5-6H2,1-2H3,(H2,13,14,16). The van der Waals surface area contributed by atoms with Crippen molar-refractivity contribution in [3.8, 4) is 0 Å². The van der Waals surface area contributed by atoms with E-state index in [0.717, 1.165) is 16.6 Å². The molecule has 0 aliphatic carbocycles. The summed E-state index contributed by atoms with van der Waals surface area (Å²) in [6.07, 6.45) is 0. The number of methoxy groups -OCH3 is 1. The van der Waals surface area contributed by atoms with Crippen LogP contribution in [0.5, 0.6) is 0 Å². The van der Waals surface area contributed by atoms with Crippen LogP contribution in [0.15, 0.2) is 23.0 Å². The lowest BCUT2D eigenvalue weighted by Gasteiger charge is -2.13. The monoisotopic (exact) mass is 251 g/mol. The molecule has 6 nitrogen and oxygen atoms in total. The summed E-state index contributed by atoms with van der Waals surface area (Å²) in [6, 6.07) is 5.77. The van der Waals surface area contributed by atoms with Gasteiger partial charge in [0.15, 0.2) is 0 Å². The van der Waals surface area contributed by atoms with Gasteiger partial charge in [-0.15, -0.1) is 0 Å². The molecular weight excluding hydrogens is 234 g/mol. The van der Waals surface area contributed by atoms with Crippen molar-refractivity contribution in [2.24, 2.45) is 0 Å². The van der Waals surface area contributed by atoms with Gasteiger partial charge in [0.25, 0.3) is 0 Å². The van der Waals surface area contributed by atoms with Crippen LogP contribution in [0.25, 0.3) is 11.0 Å². The van der Waals surface area contributed by atoms with Crippen LogP contribution in [0, 0.1) is 0 Å². The first kappa shape index (κ1) is 12.8. The van der Waals surface area contributed by atoms with Crippen LogP contribution < -0.4 is 11.2 Å². The van der Waals surface area contributed by atoms with E-state index in [-0.39, 0.29) is 11.7 Å². The zero-order valence-electron chi connectivity index (χ0n) is 10.4. The van der Waals surface area contributed by atoms with Gasteiger partial charge in [-0.3, -0.25) is 4.84 Å². The molecule has 2 rings (SSSR count). The molecule has 18 heavy (non-hydrogen) atoms. The second-order valence-corrected chi connectivity index (χ2v) is 4.06. The van der Waals surface area contributed by atoms with Crippen molar-refractivity contribution in [2.75, 3.05) is 20.3 Å². The molecule has 0 radical (unpaired) electrons. The number of imidazole rings is 1. The number of ether oxygens (including phenoxy) is 1. The first-order chi connectivity index (χ1) is 8.70. The van der Waals surface area contributed by atoms with Crippen LogP contribution in [-0.4, -0.2) is 30.3 Å². The van der Waals surface area contributed by atoms with Crippen molar-refractivity contribution in [3.63, 3.8) is 0 Å². The van der Waals surface area contributed by atoms with Crippen molar-refractivity contribution < 1.29 is 9.57 Å². The van der Waals surface area contributed by atoms with Gasteiger partial charge in [0.2, 0.25) is 0 Å². The van der Waals surface area contributed by atoms with E-state index in [1.165, 1.54) is 0 Å². The van der Waals surface area contributed by atoms with Crippen LogP contribution in [0.4, 0.5) is 0 Å². The Morgan fingerprint density at radius 2 is 2.06 bits per heavy atom. The minimum absolute atomic E-state index is 0.0321. The van der Waals surface area contributed by atoms with Crippen LogP contribution in [0.3, 0.4) is 0 Å². The Morgan fingerprint density at radius 3 is 2.83 bits per heavy atom. The summed E-state index contributed by atoms with van der Waals surface area (Å²) in [5, 5.41) is 0. The lowest BCUT2D eigenvalue weighted by atomic mass is 10.1. The molecular formula is C12H17N3O3. The highest BCUT2D eigenvalue weighted by molar-refractivity contribution is 5.75. The fraction of sp³-hybridized carbons (Fsp3) is 0.417. The Balaban J connectivity index is 2.03. The molecule has 0 fully saturated rings. The van der Waals surface area contributed by atoms with Gasteiger partial charge < -0.3 is 14.7 Å². The second kappa shape index (κ2) is 5.81. The molecule has 0 spiro atoms. The van der Waals surface area contributed by atoms with E-state index in [9.17, 15) is 4.79 Å². The zero-order chi connectivity index (χ0) is 13.0. The van der Waals surface area contributed by atoms with Crippen LogP contribution in [0.2, 0.25) is 0 Å². The van der Waals surface area contributed by atoms with Gasteiger partial charge in [0.05, 0.1) is 30.3 Å². The topological polar surface area (TPSA) is 79.1 Å². The van der Waals surface area contributed by atoms with Gasteiger partial charge >= 0.3 is 5.69 Å². The molecule has 1 unspecified atom stereocenters. The van der Waals surface area contributed by atoms with Gasteiger partial charge in [-0.2, -0.15) is 5.48 Å². The number of rotatable bonds is 6. The number of aromatic nitrogens is 2. The van der Waals surface area contributed by atoms with Crippen molar-refractivity contribution in [3.05, 3.63) is 34.2 Å². The predicted molar refractivity (Wildman–Crippen MR) is 68.3 cm³/mol. The molecule has 1 aromatic carbocycles. The van der Waals surface area contributed by atoms with E-state index in [1.807, 2.05) is 25.1 Å². The van der Waals surface area contributed by atoms with Gasteiger partial charge in [-0.1, -0.05) is 6.07 Å². The van der Waals surface area contributed by atoms with E-state index >= 15 is 0 Å². The third-order valence-electron chi connectivity index (χ3n) is 2.69. The zero-order valence-corrected chi connectivity index (χ0v) is 10.4. The number of hydrogen-bond donors (Lipinski definition) is 3. The molecule has 0 aliphatic rings. The molecule has 3 N–H and O–H groups in total. The first-order valence-corrected chi connectivity index (χ1v) is 5.79. The van der Waals surface area contributed by atoms with E-state index in [1.54, 1.807) is 7.11 Å². The third-order valence-corrected chi connectivity index (χ3v) is 2.69. The van der Waals surface area contributed by atoms with Crippen molar-refractivity contribution >= 4 is 11.0 Å². The Hall–Kier alpha value is -1.63. The lowest BCUT2D eigenvalue weighted by molar-refractivity contribution is -0.00922. The smallest absolute Gasteiger partial charge is 0.323 e. The summed E-state index contributed by atoms with van der Waals surface area (Å²) in [7, 11) is 1.63. The van der Waals surface area contributed by atoms with Gasteiger partial charge in [-0.05, 0) is 24.6 Å². The maximum atomic E-state index is 11.1. The number of H-pyrrole nitrogens is 2. The van der Waals surface area contributed by atoms with Gasteiger partial charge in [0, 0.05) is 7.11 Å². The average Bonchev–Trinajstić information content (AvgIpc) is 2.73. The van der Waals surface area contributed by atoms with E-state index in [4.69, 9.17) is 9.57 Å². The predicted octanol–water partition coefficient (Wildman–Crippen LogP) is 1.08. The fourth-order valence-corrected chi connectivity index (χ4v) is 1.70. The Labute approximate surface area is 104 Å². The van der Waals surface area contributed by atoms with Crippen LogP contribution in [0.1, 0.15) is 18.5 Å². The van der Waals surface area contributed by atoms with Crippen molar-refractivity contribution in [2.45, 2.75) is 13.0 Å². The molecule has 1 atom stereocenters. The number of hydrogen-bond acceptors (Lipinski definition) is 4. The largest absolute Gasteiger partial charge is 0.382 e. The number of hydroxylamine groups is 1. The van der Waals surface area contributed by atoms with E-state index in [2.05, 4.69) is 15.4 Å². The van der Waals surface area contributed by atoms with Gasteiger partial charge in [0.1, 0.15) is 0 Å². The molecule has 1 heterocycles. The SMILES string of the molecule is COCCONC(C)c1ccc2[nH]c(=O)[nH]c2c1. The third kappa shape index (κ3) is 2.98. The summed E-state index contributed by atoms with van der Waals surface area (Å²) in [4.78, 5) is 21.8. The first-order valence-electron chi connectivity index (χ1n) is 5.79. The van der Waals surface area contributed by atoms with Crippen molar-refractivity contribution in [1.29, 1.82) is 0 Å². The average molecular weight is 251 g/mol. The maximum Gasteiger partial charge on any atom is 0.323 e. The van der Waals surface area contributed by atoms with Crippen LogP contribution >= 0.6 is 0 Å². The Bertz CT molecular complexity index is 561. The normalized spacial score (nSPS) is 13.0. The molecule has 0 saturated carbocycles. The molecule has 0 saturated heterocycles. The number of aromatic amines is 2. The highest BCUT2D eigenvalue weighted by Gasteiger charge is 2.07. The van der Waals surface area contributed by atoms with Crippen molar-refractivity contribution in [1.82, 2.24) is 15.4 Å². The molecule has 0 bridgehead atoms. The molecule has 6 heteroatoms. The Kier molecular flexibility index (Phi) is 4.14. The number of fused-ring (bicyclic) bond motifs is 1. The van der Waals surface area contributed by atoms with E-state index in [0.29, 0.717) is 13.2 Å². The van der Waals surface area contributed by atoms with E-state index < -0.39 is 0 Å².